The van der Waals surface area contributed by atoms with Gasteiger partial charge < -0.3 is 15.0 Å². The molecular weight excluding hydrogens is 296 g/mol. The van der Waals surface area contributed by atoms with Gasteiger partial charge in [0.25, 0.3) is 0 Å². The molecule has 2 N–H and O–H groups in total. The maximum atomic E-state index is 5.69. The lowest BCUT2D eigenvalue weighted by Crippen LogP contribution is -2.23. The highest BCUT2D eigenvalue weighted by atomic mass is 16.5. The van der Waals surface area contributed by atoms with Gasteiger partial charge in [-0.1, -0.05) is 38.1 Å². The monoisotopic (exact) mass is 322 g/mol. The van der Waals surface area contributed by atoms with E-state index in [4.69, 9.17) is 4.74 Å². The minimum absolute atomic E-state index is 0.561. The van der Waals surface area contributed by atoms with Gasteiger partial charge in [-0.05, 0) is 54.3 Å². The summed E-state index contributed by atoms with van der Waals surface area (Å²) >= 11 is 0. The molecule has 24 heavy (non-hydrogen) atoms. The first kappa shape index (κ1) is 16.6. The number of nitrogens with one attached hydrogen (secondary N) is 2. The minimum Gasteiger partial charge on any atom is -0.492 e. The SMILES string of the molecule is CC(C)c1ccc2[nH]cc(CCNCCOc3ccccc3)c2c1. The van der Waals surface area contributed by atoms with Crippen LogP contribution in [0.4, 0.5) is 0 Å². The third-order valence-corrected chi connectivity index (χ3v) is 4.32. The lowest BCUT2D eigenvalue weighted by molar-refractivity contribution is 0.314. The van der Waals surface area contributed by atoms with Crippen molar-refractivity contribution in [1.29, 1.82) is 0 Å². The molecule has 0 aliphatic rings. The first-order valence-corrected chi connectivity index (χ1v) is 8.72. The predicted octanol–water partition coefficient (Wildman–Crippen LogP) is 4.50. The molecule has 0 aliphatic carbocycles. The van der Waals surface area contributed by atoms with E-state index in [1.54, 1.807) is 0 Å². The van der Waals surface area contributed by atoms with Crippen LogP contribution in [0.25, 0.3) is 10.9 Å². The van der Waals surface area contributed by atoms with Crippen molar-refractivity contribution >= 4 is 10.9 Å². The number of H-pyrrole nitrogens is 1. The highest BCUT2D eigenvalue weighted by Crippen LogP contribution is 2.24. The molecule has 0 atom stereocenters. The summed E-state index contributed by atoms with van der Waals surface area (Å²) < 4.78 is 5.69. The normalized spacial score (nSPS) is 11.3. The number of para-hydroxylation sites is 1. The Morgan fingerprint density at radius 2 is 1.88 bits per heavy atom. The van der Waals surface area contributed by atoms with E-state index in [2.05, 4.69) is 48.5 Å². The van der Waals surface area contributed by atoms with E-state index >= 15 is 0 Å². The number of benzene rings is 2. The molecule has 0 saturated carbocycles. The molecule has 3 aromatic rings. The first-order chi connectivity index (χ1) is 11.7. The number of fused-ring (bicyclic) bond motifs is 1. The Hall–Kier alpha value is -2.26. The Bertz CT molecular complexity index is 762. The van der Waals surface area contributed by atoms with Crippen LogP contribution in [0.1, 0.15) is 30.9 Å². The smallest absolute Gasteiger partial charge is 0.119 e. The van der Waals surface area contributed by atoms with Gasteiger partial charge in [0.2, 0.25) is 0 Å². The molecule has 0 saturated heterocycles. The third kappa shape index (κ3) is 4.18. The molecule has 0 spiro atoms. The molecule has 2 aromatic carbocycles. The Labute approximate surface area is 144 Å². The van der Waals surface area contributed by atoms with Crippen LogP contribution in [-0.4, -0.2) is 24.7 Å². The first-order valence-electron chi connectivity index (χ1n) is 8.72. The summed E-state index contributed by atoms with van der Waals surface area (Å²) in [5.41, 5.74) is 4.00. The molecule has 3 nitrogen and oxygen atoms in total. The molecule has 0 radical (unpaired) electrons. The number of rotatable bonds is 8. The van der Waals surface area contributed by atoms with Crippen LogP contribution in [0.2, 0.25) is 0 Å². The van der Waals surface area contributed by atoms with Crippen LogP contribution in [-0.2, 0) is 6.42 Å². The predicted molar refractivity (Wildman–Crippen MR) is 101 cm³/mol. The molecular formula is C21H26N2O. The average Bonchev–Trinajstić information content (AvgIpc) is 3.01. The minimum atomic E-state index is 0.561. The fourth-order valence-corrected chi connectivity index (χ4v) is 2.87. The zero-order valence-electron chi connectivity index (χ0n) is 14.5. The molecule has 1 heterocycles. The van der Waals surface area contributed by atoms with Crippen molar-refractivity contribution in [2.24, 2.45) is 0 Å². The quantitative estimate of drug-likeness (QED) is 0.599. The van der Waals surface area contributed by atoms with Gasteiger partial charge in [0.15, 0.2) is 0 Å². The molecule has 0 unspecified atom stereocenters. The van der Waals surface area contributed by atoms with Crippen molar-refractivity contribution in [2.45, 2.75) is 26.2 Å². The van der Waals surface area contributed by atoms with Gasteiger partial charge in [0, 0.05) is 23.6 Å². The van der Waals surface area contributed by atoms with Crippen molar-refractivity contribution in [3.63, 3.8) is 0 Å². The Balaban J connectivity index is 1.46. The number of hydrogen-bond acceptors (Lipinski definition) is 2. The second kappa shape index (κ2) is 8.02. The van der Waals surface area contributed by atoms with E-state index in [0.29, 0.717) is 12.5 Å². The number of hydrogen-bond donors (Lipinski definition) is 2. The Morgan fingerprint density at radius 1 is 1.04 bits per heavy atom. The molecule has 126 valence electrons. The summed E-state index contributed by atoms with van der Waals surface area (Å²) in [4.78, 5) is 3.38. The van der Waals surface area contributed by atoms with Gasteiger partial charge in [-0.25, -0.2) is 0 Å². The topological polar surface area (TPSA) is 37.0 Å². The molecule has 0 amide bonds. The van der Waals surface area contributed by atoms with Crippen molar-refractivity contribution in [3.8, 4) is 5.75 Å². The largest absolute Gasteiger partial charge is 0.492 e. The van der Waals surface area contributed by atoms with Crippen LogP contribution in [0.5, 0.6) is 5.75 Å². The zero-order valence-corrected chi connectivity index (χ0v) is 14.5. The van der Waals surface area contributed by atoms with Gasteiger partial charge >= 0.3 is 0 Å². The summed E-state index contributed by atoms with van der Waals surface area (Å²) in [6.45, 7) is 6.98. The summed E-state index contributed by atoms with van der Waals surface area (Å²) in [7, 11) is 0. The van der Waals surface area contributed by atoms with E-state index in [1.807, 2.05) is 30.3 Å². The lowest BCUT2D eigenvalue weighted by atomic mass is 10.00. The van der Waals surface area contributed by atoms with E-state index < -0.39 is 0 Å². The molecule has 0 fully saturated rings. The summed E-state index contributed by atoms with van der Waals surface area (Å²) in [5, 5.41) is 4.81. The van der Waals surface area contributed by atoms with Crippen LogP contribution in [0, 0.1) is 0 Å². The number of aromatic amines is 1. The maximum Gasteiger partial charge on any atom is 0.119 e. The highest BCUT2D eigenvalue weighted by Gasteiger charge is 2.06. The van der Waals surface area contributed by atoms with E-state index in [1.165, 1.54) is 22.0 Å². The number of aromatic nitrogens is 1. The summed E-state index contributed by atoms with van der Waals surface area (Å²) in [6.07, 6.45) is 3.16. The van der Waals surface area contributed by atoms with E-state index in [9.17, 15) is 0 Å². The van der Waals surface area contributed by atoms with Gasteiger partial charge in [-0.3, -0.25) is 0 Å². The van der Waals surface area contributed by atoms with Gasteiger partial charge in [0.1, 0.15) is 12.4 Å². The van der Waals surface area contributed by atoms with Crippen LogP contribution >= 0.6 is 0 Å². The molecule has 1 aromatic heterocycles. The van der Waals surface area contributed by atoms with Crippen molar-refractivity contribution in [2.75, 3.05) is 19.7 Å². The van der Waals surface area contributed by atoms with Gasteiger partial charge in [-0.15, -0.1) is 0 Å². The molecule has 3 heteroatoms. The fourth-order valence-electron chi connectivity index (χ4n) is 2.87. The second-order valence-corrected chi connectivity index (χ2v) is 6.44. The lowest BCUT2D eigenvalue weighted by Gasteiger charge is -2.08. The third-order valence-electron chi connectivity index (χ3n) is 4.32. The highest BCUT2D eigenvalue weighted by molar-refractivity contribution is 5.84. The van der Waals surface area contributed by atoms with Crippen molar-refractivity contribution in [1.82, 2.24) is 10.3 Å². The maximum absolute atomic E-state index is 5.69. The fraction of sp³-hybridized carbons (Fsp3) is 0.333. The Kier molecular flexibility index (Phi) is 5.55. The second-order valence-electron chi connectivity index (χ2n) is 6.44. The molecule has 3 rings (SSSR count). The number of ether oxygens (including phenoxy) is 1. The molecule has 0 bridgehead atoms. The van der Waals surface area contributed by atoms with Gasteiger partial charge in [0.05, 0.1) is 0 Å². The average molecular weight is 322 g/mol. The summed E-state index contributed by atoms with van der Waals surface area (Å²) in [6, 6.07) is 16.7. The van der Waals surface area contributed by atoms with Crippen molar-refractivity contribution < 1.29 is 4.74 Å². The van der Waals surface area contributed by atoms with Crippen LogP contribution < -0.4 is 10.1 Å². The van der Waals surface area contributed by atoms with Crippen LogP contribution in [0.15, 0.2) is 54.7 Å². The zero-order chi connectivity index (χ0) is 16.8. The van der Waals surface area contributed by atoms with E-state index in [-0.39, 0.29) is 0 Å². The molecule has 0 aliphatic heterocycles. The Morgan fingerprint density at radius 3 is 2.67 bits per heavy atom. The summed E-state index contributed by atoms with van der Waals surface area (Å²) in [5.74, 6) is 1.49. The van der Waals surface area contributed by atoms with E-state index in [0.717, 1.165) is 25.3 Å². The van der Waals surface area contributed by atoms with Crippen molar-refractivity contribution in [3.05, 3.63) is 65.9 Å². The standard InChI is InChI=1S/C21H26N2O/c1-16(2)17-8-9-21-20(14-17)18(15-23-21)10-11-22-12-13-24-19-6-4-3-5-7-19/h3-9,14-16,22-23H,10-13H2,1-2H3. The van der Waals surface area contributed by atoms with Crippen LogP contribution in [0.3, 0.4) is 0 Å². The van der Waals surface area contributed by atoms with Gasteiger partial charge in [-0.2, -0.15) is 0 Å².